The van der Waals surface area contributed by atoms with Crippen LogP contribution in [0.15, 0.2) is 70.1 Å². The van der Waals surface area contributed by atoms with Crippen LogP contribution in [0.4, 0.5) is 0 Å². The average molecular weight is 381 g/mol. The monoisotopic (exact) mass is 380 g/mol. The molecule has 0 heterocycles. The van der Waals surface area contributed by atoms with Crippen molar-refractivity contribution in [2.45, 2.75) is 11.8 Å². The summed E-state index contributed by atoms with van der Waals surface area (Å²) in [4.78, 5) is 0.319. The molecule has 0 atom stereocenters. The van der Waals surface area contributed by atoms with Gasteiger partial charge in [-0.25, -0.2) is 8.42 Å². The minimum atomic E-state index is -3.29. The molecule has 0 aliphatic carbocycles. The van der Waals surface area contributed by atoms with E-state index in [1.807, 2.05) is 31.2 Å². The van der Waals surface area contributed by atoms with Crippen molar-refractivity contribution < 1.29 is 13.2 Å². The molecular weight excluding hydrogens is 364 g/mol. The molecule has 0 unspecified atom stereocenters. The number of sulfone groups is 1. The molecule has 0 aliphatic rings. The molecule has 3 nitrogen and oxygen atoms in total. The Morgan fingerprint density at radius 3 is 2.27 bits per heavy atom. The Balaban J connectivity index is 1.86. The molecule has 2 rings (SSSR count). The van der Waals surface area contributed by atoms with Gasteiger partial charge >= 0.3 is 0 Å². The Hall–Kier alpha value is -1.59. The van der Waals surface area contributed by atoms with Crippen molar-refractivity contribution in [3.05, 3.63) is 70.7 Å². The van der Waals surface area contributed by atoms with Gasteiger partial charge < -0.3 is 4.74 Å². The van der Waals surface area contributed by atoms with Gasteiger partial charge in [0, 0.05) is 4.47 Å². The second-order valence-corrected chi connectivity index (χ2v) is 7.78. The van der Waals surface area contributed by atoms with Crippen LogP contribution in [0, 0.1) is 6.92 Å². The fourth-order valence-electron chi connectivity index (χ4n) is 1.78. The molecule has 0 N–H and O–H groups in total. The van der Waals surface area contributed by atoms with E-state index in [0.717, 1.165) is 10.2 Å². The van der Waals surface area contributed by atoms with Crippen LogP contribution in [0.3, 0.4) is 0 Å². The van der Waals surface area contributed by atoms with Gasteiger partial charge in [-0.15, -0.1) is 0 Å². The summed E-state index contributed by atoms with van der Waals surface area (Å²) >= 11 is 3.29. The summed E-state index contributed by atoms with van der Waals surface area (Å²) in [6.07, 6.45) is 3.34. The number of benzene rings is 2. The molecule has 2 aromatic rings. The summed E-state index contributed by atoms with van der Waals surface area (Å²) in [5, 5.41) is 0. The highest BCUT2D eigenvalue weighted by Crippen LogP contribution is 2.16. The van der Waals surface area contributed by atoms with Gasteiger partial charge in [0.05, 0.1) is 10.6 Å². The van der Waals surface area contributed by atoms with E-state index in [-0.39, 0.29) is 5.75 Å². The molecule has 0 bridgehead atoms. The Kier molecular flexibility index (Phi) is 5.80. The van der Waals surface area contributed by atoms with E-state index in [2.05, 4.69) is 15.9 Å². The fourth-order valence-corrected chi connectivity index (χ4v) is 3.18. The van der Waals surface area contributed by atoms with Gasteiger partial charge in [0.1, 0.15) is 12.4 Å². The maximum atomic E-state index is 12.1. The highest BCUT2D eigenvalue weighted by Gasteiger charge is 2.11. The first-order valence-electron chi connectivity index (χ1n) is 6.80. The van der Waals surface area contributed by atoms with Gasteiger partial charge in [-0.2, -0.15) is 0 Å². The number of ether oxygens (including phenoxy) is 1. The quantitative estimate of drug-likeness (QED) is 0.706. The molecule has 0 radical (unpaired) electrons. The summed E-state index contributed by atoms with van der Waals surface area (Å²) in [5.74, 6) is 0.734. The second-order valence-electron chi connectivity index (χ2n) is 4.83. The van der Waals surface area contributed by atoms with E-state index in [4.69, 9.17) is 4.74 Å². The van der Waals surface area contributed by atoms with Gasteiger partial charge in [-0.1, -0.05) is 45.8 Å². The molecule has 0 amide bonds. The van der Waals surface area contributed by atoms with Crippen LogP contribution in [0.1, 0.15) is 5.56 Å². The predicted octanol–water partition coefficient (Wildman–Crippen LogP) is 4.17. The van der Waals surface area contributed by atoms with Crippen molar-refractivity contribution in [2.75, 3.05) is 12.4 Å². The zero-order chi connectivity index (χ0) is 16.0. The smallest absolute Gasteiger partial charge is 0.181 e. The third kappa shape index (κ3) is 5.00. The average Bonchev–Trinajstić information content (AvgIpc) is 2.49. The van der Waals surface area contributed by atoms with E-state index in [1.54, 1.807) is 36.4 Å². The van der Waals surface area contributed by atoms with Crippen molar-refractivity contribution in [1.29, 1.82) is 0 Å². The van der Waals surface area contributed by atoms with E-state index in [0.29, 0.717) is 11.5 Å². The molecular formula is C17H17BrO3S. The maximum absolute atomic E-state index is 12.1. The highest BCUT2D eigenvalue weighted by molar-refractivity contribution is 9.10. The van der Waals surface area contributed by atoms with Crippen molar-refractivity contribution >= 4 is 25.8 Å². The van der Waals surface area contributed by atoms with E-state index < -0.39 is 9.84 Å². The van der Waals surface area contributed by atoms with E-state index >= 15 is 0 Å². The SMILES string of the molecule is Cc1ccc(OCC=CCS(=O)(=O)c2ccc(Br)cc2)cc1. The van der Waals surface area contributed by atoms with Crippen molar-refractivity contribution in [1.82, 2.24) is 0 Å². The van der Waals surface area contributed by atoms with Gasteiger partial charge in [0.2, 0.25) is 0 Å². The number of hydrogen-bond acceptors (Lipinski definition) is 3. The molecule has 0 saturated carbocycles. The summed E-state index contributed by atoms with van der Waals surface area (Å²) in [5.41, 5.74) is 1.17. The number of aryl methyl sites for hydroxylation is 1. The summed E-state index contributed by atoms with van der Waals surface area (Å²) in [6, 6.07) is 14.3. The lowest BCUT2D eigenvalue weighted by molar-refractivity contribution is 0.362. The number of rotatable bonds is 6. The molecule has 0 saturated heterocycles. The summed E-state index contributed by atoms with van der Waals surface area (Å²) in [6.45, 7) is 2.36. The van der Waals surface area contributed by atoms with Crippen LogP contribution < -0.4 is 4.74 Å². The first kappa shape index (κ1) is 16.8. The molecule has 116 valence electrons. The second kappa shape index (κ2) is 7.61. The molecule has 0 spiro atoms. The molecule has 0 aliphatic heterocycles. The standard InChI is InChI=1S/C17H17BrO3S/c1-14-4-8-16(9-5-14)21-12-2-3-13-22(19,20)17-10-6-15(18)7-11-17/h2-11H,12-13H2,1H3. The summed E-state index contributed by atoms with van der Waals surface area (Å²) in [7, 11) is -3.29. The van der Waals surface area contributed by atoms with Crippen LogP contribution in [0.5, 0.6) is 5.75 Å². The van der Waals surface area contributed by atoms with Crippen LogP contribution in [-0.2, 0) is 9.84 Å². The minimum absolute atomic E-state index is 0.0358. The lowest BCUT2D eigenvalue weighted by Gasteiger charge is -2.03. The first-order valence-corrected chi connectivity index (χ1v) is 9.25. The normalized spacial score (nSPS) is 11.7. The Morgan fingerprint density at radius 2 is 1.64 bits per heavy atom. The third-order valence-corrected chi connectivity index (χ3v) is 5.17. The Bertz CT molecular complexity index is 732. The first-order chi connectivity index (χ1) is 10.5. The predicted molar refractivity (Wildman–Crippen MR) is 92.0 cm³/mol. The topological polar surface area (TPSA) is 43.4 Å². The zero-order valence-electron chi connectivity index (χ0n) is 12.2. The van der Waals surface area contributed by atoms with Crippen LogP contribution in [0.25, 0.3) is 0 Å². The Morgan fingerprint density at radius 1 is 1.00 bits per heavy atom. The lowest BCUT2D eigenvalue weighted by atomic mass is 10.2. The highest BCUT2D eigenvalue weighted by atomic mass is 79.9. The maximum Gasteiger partial charge on any atom is 0.181 e. The van der Waals surface area contributed by atoms with Crippen LogP contribution in [0.2, 0.25) is 0 Å². The number of hydrogen-bond donors (Lipinski definition) is 0. The molecule has 22 heavy (non-hydrogen) atoms. The van der Waals surface area contributed by atoms with Crippen LogP contribution >= 0.6 is 15.9 Å². The third-order valence-electron chi connectivity index (χ3n) is 3.02. The lowest BCUT2D eigenvalue weighted by Crippen LogP contribution is -2.05. The Labute approximate surface area is 139 Å². The largest absolute Gasteiger partial charge is 0.490 e. The molecule has 5 heteroatoms. The van der Waals surface area contributed by atoms with Crippen molar-refractivity contribution in [3.8, 4) is 5.75 Å². The van der Waals surface area contributed by atoms with E-state index in [9.17, 15) is 8.42 Å². The van der Waals surface area contributed by atoms with Gasteiger partial charge in [0.25, 0.3) is 0 Å². The minimum Gasteiger partial charge on any atom is -0.490 e. The fraction of sp³-hybridized carbons (Fsp3) is 0.176. The van der Waals surface area contributed by atoms with Crippen LogP contribution in [-0.4, -0.2) is 20.8 Å². The number of halogens is 1. The molecule has 2 aromatic carbocycles. The van der Waals surface area contributed by atoms with E-state index in [1.165, 1.54) is 5.56 Å². The van der Waals surface area contributed by atoms with Crippen molar-refractivity contribution in [3.63, 3.8) is 0 Å². The van der Waals surface area contributed by atoms with Gasteiger partial charge in [0.15, 0.2) is 9.84 Å². The van der Waals surface area contributed by atoms with Gasteiger partial charge in [-0.05, 0) is 43.3 Å². The molecule has 0 aromatic heterocycles. The van der Waals surface area contributed by atoms with Crippen molar-refractivity contribution in [2.24, 2.45) is 0 Å². The zero-order valence-corrected chi connectivity index (χ0v) is 14.6. The molecule has 0 fully saturated rings. The summed E-state index contributed by atoms with van der Waals surface area (Å²) < 4.78 is 30.6. The van der Waals surface area contributed by atoms with Gasteiger partial charge in [-0.3, -0.25) is 0 Å².